The molecule has 0 amide bonds. The van der Waals surface area contributed by atoms with E-state index in [1.165, 1.54) is 18.2 Å². The molecule has 0 aliphatic heterocycles. The maximum Gasteiger partial charge on any atom is 0.277 e. The average Bonchev–Trinajstić information content (AvgIpc) is 3.34. The Labute approximate surface area is 182 Å². The van der Waals surface area contributed by atoms with Crippen LogP contribution in [0.4, 0.5) is 8.78 Å². The Morgan fingerprint density at radius 2 is 1.81 bits per heavy atom. The molecule has 0 saturated carbocycles. The van der Waals surface area contributed by atoms with E-state index in [4.69, 9.17) is 4.42 Å². The SMILES string of the molecule is Cc1cc(C(=O)CSc2nnc(-c3ccccc3F)o2)c(C)n1Cc1ccc(F)cc1. The fourth-order valence-corrected chi connectivity index (χ4v) is 3.96. The van der Waals surface area contributed by atoms with Gasteiger partial charge in [-0.3, -0.25) is 4.79 Å². The molecule has 8 heteroatoms. The Kier molecular flexibility index (Phi) is 5.99. The minimum absolute atomic E-state index is 0.0746. The minimum Gasteiger partial charge on any atom is -0.411 e. The summed E-state index contributed by atoms with van der Waals surface area (Å²) in [4.78, 5) is 12.8. The molecule has 0 fully saturated rings. The number of benzene rings is 2. The van der Waals surface area contributed by atoms with Crippen LogP contribution in [0.3, 0.4) is 0 Å². The van der Waals surface area contributed by atoms with Gasteiger partial charge >= 0.3 is 0 Å². The second-order valence-electron chi connectivity index (χ2n) is 7.06. The Balaban J connectivity index is 1.45. The van der Waals surface area contributed by atoms with E-state index in [9.17, 15) is 13.6 Å². The van der Waals surface area contributed by atoms with E-state index in [0.717, 1.165) is 28.7 Å². The summed E-state index contributed by atoms with van der Waals surface area (Å²) >= 11 is 1.11. The lowest BCUT2D eigenvalue weighted by Crippen LogP contribution is -2.07. The molecule has 0 saturated heterocycles. The smallest absolute Gasteiger partial charge is 0.277 e. The van der Waals surface area contributed by atoms with Crippen LogP contribution in [0.1, 0.15) is 27.3 Å². The van der Waals surface area contributed by atoms with Crippen molar-refractivity contribution in [3.05, 3.63) is 88.7 Å². The summed E-state index contributed by atoms with van der Waals surface area (Å²) in [5, 5.41) is 7.97. The van der Waals surface area contributed by atoms with Gasteiger partial charge in [-0.15, -0.1) is 10.2 Å². The maximum absolute atomic E-state index is 13.9. The van der Waals surface area contributed by atoms with Gasteiger partial charge < -0.3 is 8.98 Å². The lowest BCUT2D eigenvalue weighted by atomic mass is 10.2. The van der Waals surface area contributed by atoms with Gasteiger partial charge in [-0.25, -0.2) is 8.78 Å². The Morgan fingerprint density at radius 1 is 1.06 bits per heavy atom. The molecule has 4 rings (SSSR count). The molecule has 158 valence electrons. The summed E-state index contributed by atoms with van der Waals surface area (Å²) in [5.74, 6) is -0.622. The van der Waals surface area contributed by atoms with Crippen molar-refractivity contribution in [3.63, 3.8) is 0 Å². The zero-order valence-corrected chi connectivity index (χ0v) is 17.7. The van der Waals surface area contributed by atoms with Gasteiger partial charge in [0, 0.05) is 23.5 Å². The van der Waals surface area contributed by atoms with Gasteiger partial charge in [0.15, 0.2) is 5.78 Å². The Bertz CT molecular complexity index is 1230. The molecule has 0 bridgehead atoms. The highest BCUT2D eigenvalue weighted by molar-refractivity contribution is 7.99. The van der Waals surface area contributed by atoms with Crippen molar-refractivity contribution in [1.29, 1.82) is 0 Å². The summed E-state index contributed by atoms with van der Waals surface area (Å²) in [6.07, 6.45) is 0. The van der Waals surface area contributed by atoms with Gasteiger partial charge in [-0.05, 0) is 49.7 Å². The molecular weight excluding hydrogens is 420 g/mol. The molecule has 0 atom stereocenters. The van der Waals surface area contributed by atoms with Crippen LogP contribution in [-0.2, 0) is 6.54 Å². The van der Waals surface area contributed by atoms with Gasteiger partial charge in [0.2, 0.25) is 0 Å². The molecule has 5 nitrogen and oxygen atoms in total. The van der Waals surface area contributed by atoms with Gasteiger partial charge in [0.1, 0.15) is 11.6 Å². The number of thioether (sulfide) groups is 1. The number of Topliss-reactive ketones (excluding diaryl/α,β-unsaturated/α-hetero) is 1. The fourth-order valence-electron chi connectivity index (χ4n) is 3.32. The van der Waals surface area contributed by atoms with Crippen LogP contribution in [-0.4, -0.2) is 26.3 Å². The third kappa shape index (κ3) is 4.59. The van der Waals surface area contributed by atoms with Crippen molar-refractivity contribution in [2.24, 2.45) is 0 Å². The number of carbonyl (C=O) groups excluding carboxylic acids is 1. The number of hydrogen-bond donors (Lipinski definition) is 0. The predicted octanol–water partition coefficient (Wildman–Crippen LogP) is 5.46. The zero-order chi connectivity index (χ0) is 22.0. The van der Waals surface area contributed by atoms with Crippen LogP contribution in [0, 0.1) is 25.5 Å². The van der Waals surface area contributed by atoms with E-state index in [0.29, 0.717) is 12.1 Å². The third-order valence-electron chi connectivity index (χ3n) is 4.97. The number of halogens is 2. The number of rotatable bonds is 7. The average molecular weight is 439 g/mol. The first-order valence-electron chi connectivity index (χ1n) is 9.58. The van der Waals surface area contributed by atoms with Crippen molar-refractivity contribution in [3.8, 4) is 11.5 Å². The molecule has 0 radical (unpaired) electrons. The summed E-state index contributed by atoms with van der Waals surface area (Å²) in [6, 6.07) is 14.3. The molecule has 0 unspecified atom stereocenters. The largest absolute Gasteiger partial charge is 0.411 e. The Hall–Kier alpha value is -3.26. The van der Waals surface area contributed by atoms with E-state index in [2.05, 4.69) is 10.2 Å². The number of carbonyl (C=O) groups is 1. The molecule has 0 spiro atoms. The molecule has 2 heterocycles. The highest BCUT2D eigenvalue weighted by Gasteiger charge is 2.18. The first kappa shape index (κ1) is 21.0. The van der Waals surface area contributed by atoms with E-state index < -0.39 is 5.82 Å². The van der Waals surface area contributed by atoms with Gasteiger partial charge in [-0.1, -0.05) is 36.0 Å². The van der Waals surface area contributed by atoms with Crippen LogP contribution in [0.15, 0.2) is 64.2 Å². The lowest BCUT2D eigenvalue weighted by molar-refractivity contribution is 0.102. The van der Waals surface area contributed by atoms with Crippen molar-refractivity contribution in [2.45, 2.75) is 25.6 Å². The molecule has 0 N–H and O–H groups in total. The van der Waals surface area contributed by atoms with Crippen LogP contribution in [0.5, 0.6) is 0 Å². The van der Waals surface area contributed by atoms with Crippen LogP contribution >= 0.6 is 11.8 Å². The highest BCUT2D eigenvalue weighted by Crippen LogP contribution is 2.26. The molecule has 0 aliphatic rings. The number of aryl methyl sites for hydroxylation is 1. The van der Waals surface area contributed by atoms with Crippen molar-refractivity contribution in [2.75, 3.05) is 5.75 Å². The van der Waals surface area contributed by atoms with Crippen molar-refractivity contribution < 1.29 is 18.0 Å². The highest BCUT2D eigenvalue weighted by atomic mass is 32.2. The van der Waals surface area contributed by atoms with Gasteiger partial charge in [0.05, 0.1) is 11.3 Å². The lowest BCUT2D eigenvalue weighted by Gasteiger charge is -2.10. The molecule has 2 aromatic heterocycles. The van der Waals surface area contributed by atoms with Crippen molar-refractivity contribution >= 4 is 17.5 Å². The normalized spacial score (nSPS) is 11.1. The Morgan fingerprint density at radius 3 is 2.55 bits per heavy atom. The van der Waals surface area contributed by atoms with E-state index in [1.54, 1.807) is 30.3 Å². The number of aromatic nitrogens is 3. The maximum atomic E-state index is 13.9. The minimum atomic E-state index is -0.452. The quantitative estimate of drug-likeness (QED) is 0.283. The second-order valence-corrected chi connectivity index (χ2v) is 7.99. The van der Waals surface area contributed by atoms with Crippen LogP contribution in [0.2, 0.25) is 0 Å². The number of ketones is 1. The summed E-state index contributed by atoms with van der Waals surface area (Å²) in [6.45, 7) is 4.37. The fraction of sp³-hybridized carbons (Fsp3) is 0.174. The molecule has 31 heavy (non-hydrogen) atoms. The second kappa shape index (κ2) is 8.85. The predicted molar refractivity (Wildman–Crippen MR) is 114 cm³/mol. The molecule has 4 aromatic rings. The molecule has 2 aromatic carbocycles. The molecular formula is C23H19F2N3O2S. The van der Waals surface area contributed by atoms with E-state index >= 15 is 0 Å². The van der Waals surface area contributed by atoms with Gasteiger partial charge in [-0.2, -0.15) is 0 Å². The van der Waals surface area contributed by atoms with E-state index in [-0.39, 0.29) is 34.0 Å². The summed E-state index contributed by atoms with van der Waals surface area (Å²) < 4.78 is 34.5. The van der Waals surface area contributed by atoms with Crippen molar-refractivity contribution in [1.82, 2.24) is 14.8 Å². The zero-order valence-electron chi connectivity index (χ0n) is 16.9. The topological polar surface area (TPSA) is 60.9 Å². The standard InChI is InChI=1S/C23H19F2N3O2S/c1-14-11-19(15(2)28(14)12-16-7-9-17(24)10-8-16)21(29)13-31-23-27-26-22(30-23)18-5-3-4-6-20(18)25/h3-11H,12-13H2,1-2H3. The first-order chi connectivity index (χ1) is 14.9. The third-order valence-corrected chi connectivity index (χ3v) is 5.78. The summed E-state index contributed by atoms with van der Waals surface area (Å²) in [5.41, 5.74) is 3.56. The van der Waals surface area contributed by atoms with Crippen LogP contribution < -0.4 is 0 Å². The van der Waals surface area contributed by atoms with Crippen LogP contribution in [0.25, 0.3) is 11.5 Å². The van der Waals surface area contributed by atoms with Gasteiger partial charge in [0.25, 0.3) is 11.1 Å². The number of nitrogens with zero attached hydrogens (tertiary/aromatic N) is 3. The van der Waals surface area contributed by atoms with E-state index in [1.807, 2.05) is 24.5 Å². The first-order valence-corrected chi connectivity index (χ1v) is 10.6. The monoisotopic (exact) mass is 439 g/mol. The summed E-state index contributed by atoms with van der Waals surface area (Å²) in [7, 11) is 0. The number of hydrogen-bond acceptors (Lipinski definition) is 5. The molecule has 0 aliphatic carbocycles.